The van der Waals surface area contributed by atoms with Crippen molar-refractivity contribution in [2.24, 2.45) is 0 Å². The molecule has 4 nitrogen and oxygen atoms in total. The van der Waals surface area contributed by atoms with Gasteiger partial charge >= 0.3 is 0 Å². The number of halogens is 1. The van der Waals surface area contributed by atoms with Gasteiger partial charge in [0.05, 0.1) is 10.7 Å². The minimum atomic E-state index is -1.11. The molecule has 1 fully saturated rings. The van der Waals surface area contributed by atoms with E-state index in [1.807, 2.05) is 17.8 Å². The van der Waals surface area contributed by atoms with E-state index < -0.39 is 6.10 Å². The molecule has 1 amide bonds. The summed E-state index contributed by atoms with van der Waals surface area (Å²) in [6, 6.07) is 3.58. The normalized spacial score (nSPS) is 29.3. The lowest BCUT2D eigenvalue weighted by Crippen LogP contribution is -2.40. The second-order valence-electron chi connectivity index (χ2n) is 5.44. The van der Waals surface area contributed by atoms with E-state index in [9.17, 15) is 9.90 Å². The number of aliphatic hydroxyl groups excluding tert-OH is 1. The number of carbonyl (C=O) groups excluding carboxylic acids is 1. The Labute approximate surface area is 127 Å². The standard InChI is InChI=1S/C14H17ClN2O2S/c1-7-5-17(6-8(2)20-7)12-4-11-9(3-10(12)15)13(18)14(19)16-11/h3-4,7-8,13,18H,5-6H2,1-2H3,(H,16,19). The summed E-state index contributed by atoms with van der Waals surface area (Å²) in [5.41, 5.74) is 2.16. The number of hydrogen-bond acceptors (Lipinski definition) is 4. The molecule has 1 saturated heterocycles. The first kappa shape index (κ1) is 14.0. The van der Waals surface area contributed by atoms with Gasteiger partial charge in [-0.05, 0) is 12.1 Å². The van der Waals surface area contributed by atoms with E-state index in [0.717, 1.165) is 18.8 Å². The number of carbonyl (C=O) groups is 1. The van der Waals surface area contributed by atoms with E-state index in [4.69, 9.17) is 11.6 Å². The van der Waals surface area contributed by atoms with E-state index in [1.54, 1.807) is 6.07 Å². The molecule has 20 heavy (non-hydrogen) atoms. The highest BCUT2D eigenvalue weighted by molar-refractivity contribution is 8.00. The van der Waals surface area contributed by atoms with E-state index >= 15 is 0 Å². The SMILES string of the molecule is CC1CN(c2cc3c(cc2Cl)C(O)C(=O)N3)CC(C)S1. The minimum Gasteiger partial charge on any atom is -0.378 e. The number of benzene rings is 1. The lowest BCUT2D eigenvalue weighted by molar-refractivity contribution is -0.123. The lowest BCUT2D eigenvalue weighted by atomic mass is 10.1. The molecule has 108 valence electrons. The van der Waals surface area contributed by atoms with Crippen molar-refractivity contribution in [2.75, 3.05) is 23.3 Å². The van der Waals surface area contributed by atoms with Gasteiger partial charge in [-0.2, -0.15) is 11.8 Å². The maximum Gasteiger partial charge on any atom is 0.257 e. The molecule has 3 atom stereocenters. The zero-order chi connectivity index (χ0) is 14.4. The molecule has 0 bridgehead atoms. The van der Waals surface area contributed by atoms with Crippen molar-refractivity contribution in [1.82, 2.24) is 0 Å². The van der Waals surface area contributed by atoms with E-state index in [2.05, 4.69) is 24.1 Å². The molecular formula is C14H17ClN2O2S. The second-order valence-corrected chi connectivity index (χ2v) is 7.73. The van der Waals surface area contributed by atoms with Gasteiger partial charge < -0.3 is 15.3 Å². The Kier molecular flexibility index (Phi) is 3.60. The topological polar surface area (TPSA) is 52.6 Å². The van der Waals surface area contributed by atoms with Crippen molar-refractivity contribution in [1.29, 1.82) is 0 Å². The van der Waals surface area contributed by atoms with Gasteiger partial charge in [0.15, 0.2) is 6.10 Å². The van der Waals surface area contributed by atoms with E-state index in [1.165, 1.54) is 0 Å². The van der Waals surface area contributed by atoms with E-state index in [0.29, 0.717) is 26.8 Å². The van der Waals surface area contributed by atoms with Crippen molar-refractivity contribution in [3.8, 4) is 0 Å². The molecule has 2 N–H and O–H groups in total. The van der Waals surface area contributed by atoms with Crippen molar-refractivity contribution >= 4 is 40.6 Å². The molecule has 2 aliphatic rings. The van der Waals surface area contributed by atoms with Crippen molar-refractivity contribution in [3.05, 3.63) is 22.7 Å². The summed E-state index contributed by atoms with van der Waals surface area (Å²) >= 11 is 8.33. The van der Waals surface area contributed by atoms with Gasteiger partial charge in [0.25, 0.3) is 5.91 Å². The van der Waals surface area contributed by atoms with Gasteiger partial charge in [0, 0.05) is 34.8 Å². The highest BCUT2D eigenvalue weighted by Crippen LogP contribution is 2.40. The van der Waals surface area contributed by atoms with Crippen molar-refractivity contribution in [2.45, 2.75) is 30.5 Å². The molecule has 2 heterocycles. The highest BCUT2D eigenvalue weighted by Gasteiger charge is 2.31. The summed E-state index contributed by atoms with van der Waals surface area (Å²) in [5.74, 6) is -0.385. The number of nitrogens with one attached hydrogen (secondary N) is 1. The second kappa shape index (κ2) is 5.13. The maximum absolute atomic E-state index is 11.5. The first-order valence-corrected chi connectivity index (χ1v) is 8.00. The summed E-state index contributed by atoms with van der Waals surface area (Å²) in [7, 11) is 0. The number of aliphatic hydroxyl groups is 1. The molecular weight excluding hydrogens is 296 g/mol. The van der Waals surface area contributed by atoms with Crippen LogP contribution >= 0.6 is 23.4 Å². The van der Waals surface area contributed by atoms with Gasteiger partial charge in [-0.25, -0.2) is 0 Å². The van der Waals surface area contributed by atoms with Crippen LogP contribution in [0.15, 0.2) is 12.1 Å². The Morgan fingerprint density at radius 1 is 1.35 bits per heavy atom. The fraction of sp³-hybridized carbons (Fsp3) is 0.500. The number of thioether (sulfide) groups is 1. The minimum absolute atomic E-state index is 0.385. The van der Waals surface area contributed by atoms with Gasteiger partial charge in [-0.15, -0.1) is 0 Å². The Morgan fingerprint density at radius 2 is 2.00 bits per heavy atom. The third-order valence-corrected chi connectivity index (χ3v) is 5.21. The third-order valence-electron chi connectivity index (χ3n) is 3.68. The predicted molar refractivity (Wildman–Crippen MR) is 83.8 cm³/mol. The quantitative estimate of drug-likeness (QED) is 0.837. The molecule has 6 heteroatoms. The van der Waals surface area contributed by atoms with Gasteiger partial charge in [-0.3, -0.25) is 4.79 Å². The molecule has 0 spiro atoms. The monoisotopic (exact) mass is 312 g/mol. The Morgan fingerprint density at radius 3 is 2.65 bits per heavy atom. The summed E-state index contributed by atoms with van der Waals surface area (Å²) in [5, 5.41) is 14.1. The summed E-state index contributed by atoms with van der Waals surface area (Å²) in [6.45, 7) is 6.29. The Balaban J connectivity index is 1.95. The fourth-order valence-electron chi connectivity index (χ4n) is 2.87. The number of nitrogens with zero attached hydrogens (tertiary/aromatic N) is 1. The molecule has 2 aliphatic heterocycles. The number of anilines is 2. The first-order valence-electron chi connectivity index (χ1n) is 6.68. The molecule has 3 rings (SSSR count). The van der Waals surface area contributed by atoms with Crippen LogP contribution in [0.4, 0.5) is 11.4 Å². The summed E-state index contributed by atoms with van der Waals surface area (Å²) in [4.78, 5) is 13.8. The van der Waals surface area contributed by atoms with Crippen LogP contribution in [-0.2, 0) is 4.79 Å². The molecule has 0 aliphatic carbocycles. The third kappa shape index (κ3) is 2.38. The molecule has 0 radical (unpaired) electrons. The Bertz CT molecular complexity index is 556. The fourth-order valence-corrected chi connectivity index (χ4v) is 4.49. The zero-order valence-electron chi connectivity index (χ0n) is 11.4. The van der Waals surface area contributed by atoms with Crippen LogP contribution < -0.4 is 10.2 Å². The number of amides is 1. The Hall–Kier alpha value is -0.910. The van der Waals surface area contributed by atoms with Crippen LogP contribution in [-0.4, -0.2) is 34.6 Å². The zero-order valence-corrected chi connectivity index (χ0v) is 13.0. The average molecular weight is 313 g/mol. The number of rotatable bonds is 1. The van der Waals surface area contributed by atoms with Crippen molar-refractivity contribution < 1.29 is 9.90 Å². The molecule has 0 saturated carbocycles. The molecule has 1 aromatic carbocycles. The molecule has 3 unspecified atom stereocenters. The largest absolute Gasteiger partial charge is 0.378 e. The van der Waals surface area contributed by atoms with Crippen LogP contribution in [0, 0.1) is 0 Å². The first-order chi connectivity index (χ1) is 9.45. The smallest absolute Gasteiger partial charge is 0.257 e. The predicted octanol–water partition coefficient (Wildman–Crippen LogP) is 2.66. The molecule has 1 aromatic rings. The van der Waals surface area contributed by atoms with Crippen LogP contribution in [0.1, 0.15) is 25.5 Å². The number of hydrogen-bond donors (Lipinski definition) is 2. The number of fused-ring (bicyclic) bond motifs is 1. The van der Waals surface area contributed by atoms with Crippen molar-refractivity contribution in [3.63, 3.8) is 0 Å². The summed E-state index contributed by atoms with van der Waals surface area (Å²) < 4.78 is 0. The van der Waals surface area contributed by atoms with Crippen LogP contribution in [0.2, 0.25) is 5.02 Å². The van der Waals surface area contributed by atoms with Gasteiger partial charge in [-0.1, -0.05) is 25.4 Å². The molecule has 0 aromatic heterocycles. The average Bonchev–Trinajstić information content (AvgIpc) is 2.63. The van der Waals surface area contributed by atoms with Crippen LogP contribution in [0.3, 0.4) is 0 Å². The lowest BCUT2D eigenvalue weighted by Gasteiger charge is -2.36. The summed E-state index contributed by atoms with van der Waals surface area (Å²) in [6.07, 6.45) is -1.11. The maximum atomic E-state index is 11.5. The van der Waals surface area contributed by atoms with E-state index in [-0.39, 0.29) is 5.91 Å². The van der Waals surface area contributed by atoms with Crippen LogP contribution in [0.25, 0.3) is 0 Å². The highest BCUT2D eigenvalue weighted by atomic mass is 35.5. The van der Waals surface area contributed by atoms with Gasteiger partial charge in [0.2, 0.25) is 0 Å². The van der Waals surface area contributed by atoms with Crippen LogP contribution in [0.5, 0.6) is 0 Å². The van der Waals surface area contributed by atoms with Gasteiger partial charge in [0.1, 0.15) is 0 Å².